The highest BCUT2D eigenvalue weighted by Crippen LogP contribution is 2.30. The molecule has 1 aromatic carbocycles. The van der Waals surface area contributed by atoms with Crippen LogP contribution in [0.5, 0.6) is 11.5 Å². The summed E-state index contributed by atoms with van der Waals surface area (Å²) in [6.45, 7) is 1.58. The van der Waals surface area contributed by atoms with Gasteiger partial charge < -0.3 is 25.0 Å². The molecule has 0 aliphatic carbocycles. The second-order valence-corrected chi connectivity index (χ2v) is 7.61. The molecule has 2 aromatic rings. The number of carbonyl (C=O) groups excluding carboxylic acids is 2. The normalized spacial score (nSPS) is 16.4. The van der Waals surface area contributed by atoms with Crippen LogP contribution in [0.1, 0.15) is 17.7 Å². The second kappa shape index (κ2) is 9.45. The summed E-state index contributed by atoms with van der Waals surface area (Å²) in [6, 6.07) is 9.07. The first-order valence-corrected chi connectivity index (χ1v) is 10.1. The van der Waals surface area contributed by atoms with Gasteiger partial charge in [-0.05, 0) is 36.4 Å². The Morgan fingerprint density at radius 2 is 2.04 bits per heavy atom. The van der Waals surface area contributed by atoms with E-state index >= 15 is 0 Å². The smallest absolute Gasteiger partial charge is 0.317 e. The molecule has 1 unspecified atom stereocenters. The summed E-state index contributed by atoms with van der Waals surface area (Å²) in [7, 11) is 3.12. The quantitative estimate of drug-likeness (QED) is 0.775. The minimum Gasteiger partial charge on any atom is -0.493 e. The van der Waals surface area contributed by atoms with Crippen LogP contribution in [0.3, 0.4) is 0 Å². The number of rotatable bonds is 6. The summed E-state index contributed by atoms with van der Waals surface area (Å²) in [6.07, 6.45) is 1.56. The number of benzene rings is 1. The summed E-state index contributed by atoms with van der Waals surface area (Å²) in [5.41, 5.74) is 0.641. The number of thiophene rings is 1. The lowest BCUT2D eigenvalue weighted by Crippen LogP contribution is -2.47. The molecule has 0 spiro atoms. The zero-order valence-electron chi connectivity index (χ0n) is 16.1. The van der Waals surface area contributed by atoms with Gasteiger partial charge in [0.2, 0.25) is 5.91 Å². The van der Waals surface area contributed by atoms with Gasteiger partial charge in [-0.25, -0.2) is 4.79 Å². The van der Waals surface area contributed by atoms with E-state index < -0.39 is 0 Å². The van der Waals surface area contributed by atoms with E-state index in [2.05, 4.69) is 10.6 Å². The molecule has 2 N–H and O–H groups in total. The molecule has 3 amide bonds. The Hall–Kier alpha value is -2.74. The van der Waals surface area contributed by atoms with Crippen LogP contribution in [-0.2, 0) is 11.3 Å². The van der Waals surface area contributed by atoms with Gasteiger partial charge in [-0.1, -0.05) is 6.07 Å². The Kier molecular flexibility index (Phi) is 6.76. The molecule has 150 valence electrons. The lowest BCUT2D eigenvalue weighted by molar-refractivity contribution is -0.121. The number of ether oxygens (including phenoxy) is 2. The number of nitrogens with zero attached hydrogens (tertiary/aromatic N) is 1. The topological polar surface area (TPSA) is 79.9 Å². The van der Waals surface area contributed by atoms with Crippen molar-refractivity contribution in [3.8, 4) is 11.5 Å². The number of methoxy groups -OCH3 is 2. The highest BCUT2D eigenvalue weighted by Gasteiger charge is 2.28. The zero-order valence-corrected chi connectivity index (χ0v) is 16.9. The Bertz CT molecular complexity index is 810. The van der Waals surface area contributed by atoms with Gasteiger partial charge in [0, 0.05) is 29.7 Å². The number of hydrogen-bond acceptors (Lipinski definition) is 5. The highest BCUT2D eigenvalue weighted by atomic mass is 32.1. The molecule has 1 saturated heterocycles. The number of piperidine rings is 1. The number of amides is 3. The van der Waals surface area contributed by atoms with Crippen molar-refractivity contribution in [2.45, 2.75) is 19.4 Å². The van der Waals surface area contributed by atoms with Gasteiger partial charge >= 0.3 is 6.03 Å². The van der Waals surface area contributed by atoms with Crippen LogP contribution >= 0.6 is 11.3 Å². The fraction of sp³-hybridized carbons (Fsp3) is 0.400. The summed E-state index contributed by atoms with van der Waals surface area (Å²) >= 11 is 1.61. The van der Waals surface area contributed by atoms with E-state index in [4.69, 9.17) is 9.47 Å². The SMILES string of the molecule is COc1ccc(NC(=O)C2CCCN(C(=O)NCc3cccs3)C2)cc1OC. The van der Waals surface area contributed by atoms with Crippen LogP contribution in [0.25, 0.3) is 0 Å². The van der Waals surface area contributed by atoms with Gasteiger partial charge in [-0.15, -0.1) is 11.3 Å². The third-order valence-corrected chi connectivity index (χ3v) is 5.60. The van der Waals surface area contributed by atoms with Crippen LogP contribution in [0.4, 0.5) is 10.5 Å². The van der Waals surface area contributed by atoms with Crippen molar-refractivity contribution in [1.29, 1.82) is 0 Å². The average Bonchev–Trinajstić information content (AvgIpc) is 3.25. The standard InChI is InChI=1S/C20H25N3O4S/c1-26-17-8-7-15(11-18(17)27-2)22-19(24)14-5-3-9-23(13-14)20(25)21-12-16-6-4-10-28-16/h4,6-8,10-11,14H,3,5,9,12-13H2,1-2H3,(H,21,25)(H,22,24). The Balaban J connectivity index is 1.56. The predicted octanol–water partition coefficient (Wildman–Crippen LogP) is 3.33. The van der Waals surface area contributed by atoms with Crippen LogP contribution < -0.4 is 20.1 Å². The van der Waals surface area contributed by atoms with Gasteiger partial charge in [-0.3, -0.25) is 4.79 Å². The molecule has 1 aliphatic heterocycles. The molecule has 0 bridgehead atoms. The lowest BCUT2D eigenvalue weighted by Gasteiger charge is -2.32. The minimum atomic E-state index is -0.241. The number of hydrogen-bond donors (Lipinski definition) is 2. The first-order valence-electron chi connectivity index (χ1n) is 9.18. The van der Waals surface area contributed by atoms with E-state index in [0.717, 1.165) is 17.7 Å². The van der Waals surface area contributed by atoms with E-state index in [1.807, 2.05) is 17.5 Å². The molecule has 0 radical (unpaired) electrons. The molecule has 1 atom stereocenters. The molecule has 1 aromatic heterocycles. The molecular formula is C20H25N3O4S. The molecule has 3 rings (SSSR count). The Morgan fingerprint density at radius 3 is 2.75 bits per heavy atom. The van der Waals surface area contributed by atoms with Crippen molar-refractivity contribution in [2.24, 2.45) is 5.92 Å². The lowest BCUT2D eigenvalue weighted by atomic mass is 9.97. The highest BCUT2D eigenvalue weighted by molar-refractivity contribution is 7.09. The molecule has 1 fully saturated rings. The molecule has 28 heavy (non-hydrogen) atoms. The van der Waals surface area contributed by atoms with E-state index in [1.54, 1.807) is 48.7 Å². The van der Waals surface area contributed by atoms with Gasteiger partial charge in [0.25, 0.3) is 0 Å². The van der Waals surface area contributed by atoms with Crippen LogP contribution in [0.2, 0.25) is 0 Å². The third kappa shape index (κ3) is 4.95. The van der Waals surface area contributed by atoms with Crippen LogP contribution in [0, 0.1) is 5.92 Å². The van der Waals surface area contributed by atoms with Crippen molar-refractivity contribution in [3.05, 3.63) is 40.6 Å². The fourth-order valence-corrected chi connectivity index (χ4v) is 3.87. The van der Waals surface area contributed by atoms with Crippen molar-refractivity contribution in [1.82, 2.24) is 10.2 Å². The third-order valence-electron chi connectivity index (χ3n) is 4.72. The Labute approximate surface area is 168 Å². The van der Waals surface area contributed by atoms with Crippen molar-refractivity contribution < 1.29 is 19.1 Å². The van der Waals surface area contributed by atoms with E-state index in [9.17, 15) is 9.59 Å². The molecular weight excluding hydrogens is 378 g/mol. The van der Waals surface area contributed by atoms with Crippen LogP contribution in [-0.4, -0.2) is 44.1 Å². The van der Waals surface area contributed by atoms with Gasteiger partial charge in [-0.2, -0.15) is 0 Å². The largest absolute Gasteiger partial charge is 0.493 e. The number of nitrogens with one attached hydrogen (secondary N) is 2. The molecule has 8 heteroatoms. The van der Waals surface area contributed by atoms with Crippen LogP contribution in [0.15, 0.2) is 35.7 Å². The number of carbonyl (C=O) groups is 2. The van der Waals surface area contributed by atoms with Gasteiger partial charge in [0.1, 0.15) is 0 Å². The zero-order chi connectivity index (χ0) is 19.9. The maximum absolute atomic E-state index is 12.7. The molecule has 2 heterocycles. The summed E-state index contributed by atoms with van der Waals surface area (Å²) in [4.78, 5) is 27.9. The van der Waals surface area contributed by atoms with Crippen molar-refractivity contribution >= 4 is 29.0 Å². The number of anilines is 1. The molecule has 7 nitrogen and oxygen atoms in total. The number of urea groups is 1. The monoisotopic (exact) mass is 403 g/mol. The average molecular weight is 404 g/mol. The summed E-state index contributed by atoms with van der Waals surface area (Å²) in [5, 5.41) is 7.83. The molecule has 1 aliphatic rings. The van der Waals surface area contributed by atoms with Crippen molar-refractivity contribution in [3.63, 3.8) is 0 Å². The maximum Gasteiger partial charge on any atom is 0.317 e. The van der Waals surface area contributed by atoms with E-state index in [-0.39, 0.29) is 17.9 Å². The van der Waals surface area contributed by atoms with Gasteiger partial charge in [0.15, 0.2) is 11.5 Å². The first kappa shape index (κ1) is 20.0. The predicted molar refractivity (Wildman–Crippen MR) is 109 cm³/mol. The summed E-state index contributed by atoms with van der Waals surface area (Å²) < 4.78 is 10.5. The number of likely N-dealkylation sites (tertiary alicyclic amines) is 1. The second-order valence-electron chi connectivity index (χ2n) is 6.58. The Morgan fingerprint density at radius 1 is 1.21 bits per heavy atom. The first-order chi connectivity index (χ1) is 13.6. The van der Waals surface area contributed by atoms with E-state index in [0.29, 0.717) is 36.8 Å². The maximum atomic E-state index is 12.7. The van der Waals surface area contributed by atoms with Crippen molar-refractivity contribution in [2.75, 3.05) is 32.6 Å². The fourth-order valence-electron chi connectivity index (χ4n) is 3.22. The summed E-state index contributed by atoms with van der Waals surface area (Å²) in [5.74, 6) is 0.822. The molecule has 0 saturated carbocycles. The minimum absolute atomic E-state index is 0.0945. The van der Waals surface area contributed by atoms with Gasteiger partial charge in [0.05, 0.1) is 26.7 Å². The van der Waals surface area contributed by atoms with E-state index in [1.165, 1.54) is 0 Å².